The number of aromatic nitrogens is 1. The summed E-state index contributed by atoms with van der Waals surface area (Å²) < 4.78 is 6.65. The second-order valence-electron chi connectivity index (χ2n) is 2.81. The van der Waals surface area contributed by atoms with Crippen molar-refractivity contribution in [3.05, 3.63) is 24.0 Å². The van der Waals surface area contributed by atoms with Crippen molar-refractivity contribution in [3.8, 4) is 0 Å². The number of hydrogen-bond acceptors (Lipinski definition) is 2. The maximum atomic E-state index is 11.4. The van der Waals surface area contributed by atoms with E-state index in [1.54, 1.807) is 19.4 Å². The van der Waals surface area contributed by atoms with Crippen LogP contribution in [0.15, 0.2) is 18.5 Å². The molecule has 4 nitrogen and oxygen atoms in total. The van der Waals surface area contributed by atoms with Gasteiger partial charge < -0.3 is 14.6 Å². The molecular weight excluding hydrogens is 168 g/mol. The van der Waals surface area contributed by atoms with Crippen LogP contribution in [0.2, 0.25) is 0 Å². The molecule has 0 fully saturated rings. The Morgan fingerprint density at radius 1 is 1.69 bits per heavy atom. The Hall–Kier alpha value is -1.29. The molecule has 1 rings (SSSR count). The minimum absolute atomic E-state index is 0.0577. The molecular formula is C9H14N2O2. The van der Waals surface area contributed by atoms with Crippen molar-refractivity contribution in [1.82, 2.24) is 9.88 Å². The maximum Gasteiger partial charge on any atom is 0.252 e. The monoisotopic (exact) mass is 182 g/mol. The van der Waals surface area contributed by atoms with Crippen LogP contribution >= 0.6 is 0 Å². The van der Waals surface area contributed by atoms with Crippen LogP contribution in [-0.2, 0) is 11.8 Å². The molecule has 1 aromatic heterocycles. The molecule has 0 aliphatic heterocycles. The first-order valence-electron chi connectivity index (χ1n) is 4.13. The maximum absolute atomic E-state index is 11.4. The fourth-order valence-corrected chi connectivity index (χ4v) is 1.01. The molecule has 72 valence electrons. The van der Waals surface area contributed by atoms with Crippen LogP contribution in [0, 0.1) is 0 Å². The number of nitrogens with zero attached hydrogens (tertiary/aromatic N) is 1. The van der Waals surface area contributed by atoms with Gasteiger partial charge in [-0.05, 0) is 6.07 Å². The van der Waals surface area contributed by atoms with Gasteiger partial charge >= 0.3 is 0 Å². The number of aryl methyl sites for hydroxylation is 1. The lowest BCUT2D eigenvalue weighted by molar-refractivity contribution is 0.0937. The number of nitrogens with one attached hydrogen (secondary N) is 1. The lowest BCUT2D eigenvalue weighted by Gasteiger charge is -2.01. The Bertz CT molecular complexity index is 281. The van der Waals surface area contributed by atoms with Crippen molar-refractivity contribution in [1.29, 1.82) is 0 Å². The highest BCUT2D eigenvalue weighted by atomic mass is 16.5. The van der Waals surface area contributed by atoms with E-state index in [1.807, 2.05) is 17.8 Å². The molecule has 0 saturated heterocycles. The average Bonchev–Trinajstić information content (AvgIpc) is 2.52. The molecule has 0 bridgehead atoms. The molecule has 13 heavy (non-hydrogen) atoms. The third kappa shape index (κ3) is 2.91. The second-order valence-corrected chi connectivity index (χ2v) is 2.81. The van der Waals surface area contributed by atoms with Gasteiger partial charge in [0.15, 0.2) is 0 Å². The van der Waals surface area contributed by atoms with Crippen LogP contribution in [0.5, 0.6) is 0 Å². The minimum Gasteiger partial charge on any atom is -0.383 e. The Labute approximate surface area is 77.5 Å². The van der Waals surface area contributed by atoms with E-state index < -0.39 is 0 Å². The van der Waals surface area contributed by atoms with Crippen molar-refractivity contribution < 1.29 is 9.53 Å². The zero-order valence-corrected chi connectivity index (χ0v) is 7.91. The van der Waals surface area contributed by atoms with E-state index in [0.29, 0.717) is 18.7 Å². The van der Waals surface area contributed by atoms with Crippen LogP contribution in [-0.4, -0.2) is 30.7 Å². The third-order valence-corrected chi connectivity index (χ3v) is 1.69. The smallest absolute Gasteiger partial charge is 0.252 e. The summed E-state index contributed by atoms with van der Waals surface area (Å²) in [5.74, 6) is -0.0577. The summed E-state index contributed by atoms with van der Waals surface area (Å²) in [4.78, 5) is 11.4. The number of carbonyl (C=O) groups excluding carboxylic acids is 1. The molecule has 0 saturated carbocycles. The Balaban J connectivity index is 2.40. The summed E-state index contributed by atoms with van der Waals surface area (Å²) in [6.07, 6.45) is 3.62. The minimum atomic E-state index is -0.0577. The van der Waals surface area contributed by atoms with Gasteiger partial charge in [-0.3, -0.25) is 4.79 Å². The van der Waals surface area contributed by atoms with E-state index in [-0.39, 0.29) is 5.91 Å². The number of hydrogen-bond donors (Lipinski definition) is 1. The molecule has 4 heteroatoms. The first kappa shape index (κ1) is 9.80. The Morgan fingerprint density at radius 3 is 3.00 bits per heavy atom. The molecule has 1 aromatic rings. The summed E-state index contributed by atoms with van der Waals surface area (Å²) in [5, 5.41) is 2.74. The van der Waals surface area contributed by atoms with Gasteiger partial charge in [0.2, 0.25) is 0 Å². The normalized spacial score (nSPS) is 10.0. The third-order valence-electron chi connectivity index (χ3n) is 1.69. The van der Waals surface area contributed by atoms with Gasteiger partial charge in [0.25, 0.3) is 5.91 Å². The Morgan fingerprint density at radius 2 is 2.46 bits per heavy atom. The molecule has 0 unspecified atom stereocenters. The number of methoxy groups -OCH3 is 1. The SMILES string of the molecule is COCCNC(=O)c1ccn(C)c1. The van der Waals surface area contributed by atoms with Crippen molar-refractivity contribution in [2.75, 3.05) is 20.3 Å². The molecule has 0 aromatic carbocycles. The first-order chi connectivity index (χ1) is 6.24. The average molecular weight is 182 g/mol. The largest absolute Gasteiger partial charge is 0.383 e. The molecule has 1 N–H and O–H groups in total. The number of amides is 1. The molecule has 0 radical (unpaired) electrons. The highest BCUT2D eigenvalue weighted by molar-refractivity contribution is 5.93. The van der Waals surface area contributed by atoms with Crippen LogP contribution in [0.4, 0.5) is 0 Å². The van der Waals surface area contributed by atoms with Crippen LogP contribution < -0.4 is 5.32 Å². The quantitative estimate of drug-likeness (QED) is 0.685. The molecule has 1 amide bonds. The second kappa shape index (κ2) is 4.67. The summed E-state index contributed by atoms with van der Waals surface area (Å²) in [5.41, 5.74) is 0.679. The standard InChI is InChI=1S/C9H14N2O2/c1-11-5-3-8(7-11)9(12)10-4-6-13-2/h3,5,7H,4,6H2,1-2H3,(H,10,12). The topological polar surface area (TPSA) is 43.3 Å². The van der Waals surface area contributed by atoms with Gasteiger partial charge in [-0.1, -0.05) is 0 Å². The number of carbonyl (C=O) groups is 1. The molecule has 1 heterocycles. The zero-order chi connectivity index (χ0) is 9.68. The van der Waals surface area contributed by atoms with Crippen molar-refractivity contribution in [2.45, 2.75) is 0 Å². The van der Waals surface area contributed by atoms with Crippen LogP contribution in [0.3, 0.4) is 0 Å². The van der Waals surface area contributed by atoms with Gasteiger partial charge in [-0.15, -0.1) is 0 Å². The number of rotatable bonds is 4. The fourth-order valence-electron chi connectivity index (χ4n) is 1.01. The number of ether oxygens (including phenoxy) is 1. The van der Waals surface area contributed by atoms with Gasteiger partial charge in [-0.25, -0.2) is 0 Å². The zero-order valence-electron chi connectivity index (χ0n) is 7.91. The predicted octanol–water partition coefficient (Wildman–Crippen LogP) is 0.401. The van der Waals surface area contributed by atoms with Gasteiger partial charge in [-0.2, -0.15) is 0 Å². The molecule has 0 aliphatic carbocycles. The Kier molecular flexibility index (Phi) is 3.52. The van der Waals surface area contributed by atoms with E-state index in [4.69, 9.17) is 4.74 Å². The van der Waals surface area contributed by atoms with Crippen molar-refractivity contribution in [3.63, 3.8) is 0 Å². The predicted molar refractivity (Wildman–Crippen MR) is 49.6 cm³/mol. The fraction of sp³-hybridized carbons (Fsp3) is 0.444. The summed E-state index contributed by atoms with van der Waals surface area (Å²) in [7, 11) is 3.49. The molecule has 0 aliphatic rings. The van der Waals surface area contributed by atoms with E-state index >= 15 is 0 Å². The molecule has 0 atom stereocenters. The summed E-state index contributed by atoms with van der Waals surface area (Å²) in [6.45, 7) is 1.09. The lowest BCUT2D eigenvalue weighted by atomic mass is 10.3. The van der Waals surface area contributed by atoms with E-state index in [2.05, 4.69) is 5.32 Å². The summed E-state index contributed by atoms with van der Waals surface area (Å²) in [6, 6.07) is 1.78. The van der Waals surface area contributed by atoms with Gasteiger partial charge in [0.05, 0.1) is 12.2 Å². The van der Waals surface area contributed by atoms with E-state index in [0.717, 1.165) is 0 Å². The van der Waals surface area contributed by atoms with Gasteiger partial charge in [0, 0.05) is 33.1 Å². The highest BCUT2D eigenvalue weighted by Crippen LogP contribution is 1.98. The van der Waals surface area contributed by atoms with Crippen molar-refractivity contribution in [2.24, 2.45) is 7.05 Å². The summed E-state index contributed by atoms with van der Waals surface area (Å²) >= 11 is 0. The first-order valence-corrected chi connectivity index (χ1v) is 4.13. The van der Waals surface area contributed by atoms with Crippen LogP contribution in [0.25, 0.3) is 0 Å². The van der Waals surface area contributed by atoms with E-state index in [1.165, 1.54) is 0 Å². The highest BCUT2D eigenvalue weighted by Gasteiger charge is 2.04. The lowest BCUT2D eigenvalue weighted by Crippen LogP contribution is -2.26. The molecule has 0 spiro atoms. The van der Waals surface area contributed by atoms with E-state index in [9.17, 15) is 4.79 Å². The van der Waals surface area contributed by atoms with Gasteiger partial charge in [0.1, 0.15) is 0 Å². The van der Waals surface area contributed by atoms with Crippen LogP contribution in [0.1, 0.15) is 10.4 Å². The van der Waals surface area contributed by atoms with Crippen molar-refractivity contribution >= 4 is 5.91 Å².